The van der Waals surface area contributed by atoms with Crippen LogP contribution in [0.25, 0.3) is 0 Å². The van der Waals surface area contributed by atoms with Crippen LogP contribution in [0, 0.1) is 50.4 Å². The van der Waals surface area contributed by atoms with Crippen molar-refractivity contribution in [2.45, 2.75) is 151 Å². The Morgan fingerprint density at radius 1 is 0.600 bits per heavy atom. The largest absolute Gasteiger partial charge is 0.444 e. The molecule has 0 atom stereocenters. The second-order valence-electron chi connectivity index (χ2n) is 19.7. The molecule has 6 rings (SSSR count). The fourth-order valence-electron chi connectivity index (χ4n) is 9.73. The van der Waals surface area contributed by atoms with Crippen molar-refractivity contribution in [1.82, 2.24) is 9.80 Å². The summed E-state index contributed by atoms with van der Waals surface area (Å²) in [5, 5.41) is 0. The molecule has 0 aromatic heterocycles. The number of hydrogen-bond donors (Lipinski definition) is 0. The number of benzene rings is 2. The average molecular weight is 888 g/mol. The Morgan fingerprint density at radius 2 is 0.900 bits per heavy atom. The van der Waals surface area contributed by atoms with Crippen LogP contribution in [0.5, 0.6) is 0 Å². The molecule has 2 saturated heterocycles. The van der Waals surface area contributed by atoms with Crippen molar-refractivity contribution >= 4 is 51.2 Å². The van der Waals surface area contributed by atoms with Crippen LogP contribution in [-0.4, -0.2) is 82.5 Å². The van der Waals surface area contributed by atoms with E-state index in [1.54, 1.807) is 16.7 Å². The second-order valence-corrected chi connectivity index (χ2v) is 20.6. The van der Waals surface area contributed by atoms with Gasteiger partial charge in [0.15, 0.2) is 0 Å². The number of Topliss-reactive ketones (excluding diaryl/α,β-unsaturated/α-hetero) is 4. The van der Waals surface area contributed by atoms with E-state index in [2.05, 4.69) is 27.8 Å². The molecule has 0 radical (unpaired) electrons. The van der Waals surface area contributed by atoms with Gasteiger partial charge in [0.05, 0.1) is 0 Å². The van der Waals surface area contributed by atoms with E-state index in [-0.39, 0.29) is 46.1 Å². The minimum atomic E-state index is -0.682. The number of rotatable bonds is 2. The first-order valence-corrected chi connectivity index (χ1v) is 22.0. The Balaban J connectivity index is 0.000000228. The first-order valence-electron chi connectivity index (χ1n) is 21.2. The number of amides is 2. The molecule has 2 heterocycles. The van der Waals surface area contributed by atoms with Gasteiger partial charge in [0.25, 0.3) is 0 Å². The van der Waals surface area contributed by atoms with Crippen molar-refractivity contribution in [3.63, 3.8) is 0 Å². The maximum absolute atomic E-state index is 13.2. The molecule has 60 heavy (non-hydrogen) atoms. The van der Waals surface area contributed by atoms with E-state index in [1.807, 2.05) is 93.5 Å². The van der Waals surface area contributed by atoms with Gasteiger partial charge in [-0.1, -0.05) is 21.9 Å². The van der Waals surface area contributed by atoms with E-state index in [0.29, 0.717) is 77.5 Å². The van der Waals surface area contributed by atoms with Gasteiger partial charge in [0.1, 0.15) is 46.2 Å². The van der Waals surface area contributed by atoms with Crippen LogP contribution in [0.1, 0.15) is 151 Å². The molecule has 2 spiro atoms. The van der Waals surface area contributed by atoms with E-state index in [4.69, 9.17) is 9.47 Å². The maximum atomic E-state index is 13.2. The highest BCUT2D eigenvalue weighted by Gasteiger charge is 2.49. The third-order valence-corrected chi connectivity index (χ3v) is 12.9. The highest BCUT2D eigenvalue weighted by molar-refractivity contribution is 9.10. The predicted molar refractivity (Wildman–Crippen MR) is 235 cm³/mol. The van der Waals surface area contributed by atoms with Crippen LogP contribution >= 0.6 is 15.9 Å². The summed E-state index contributed by atoms with van der Waals surface area (Å²) in [6.07, 6.45) is 3.57. The van der Waals surface area contributed by atoms with Crippen molar-refractivity contribution in [3.05, 3.63) is 67.7 Å². The molecule has 0 bridgehead atoms. The van der Waals surface area contributed by atoms with E-state index in [9.17, 15) is 28.8 Å². The monoisotopic (exact) mass is 886 g/mol. The number of carbonyl (C=O) groups is 6. The average Bonchev–Trinajstić information content (AvgIpc) is 3.09. The van der Waals surface area contributed by atoms with Crippen LogP contribution < -0.4 is 0 Å². The highest BCUT2D eigenvalue weighted by Crippen LogP contribution is 2.48. The molecule has 2 amide bonds. The number of piperidine rings is 2. The Hall–Kier alpha value is -4.30. The first kappa shape index (κ1) is 46.8. The molecule has 2 aliphatic carbocycles. The van der Waals surface area contributed by atoms with Crippen LogP contribution in [0.2, 0.25) is 0 Å². The lowest BCUT2D eigenvalue weighted by Gasteiger charge is -2.44. The van der Waals surface area contributed by atoms with Crippen molar-refractivity contribution in [3.8, 4) is 11.8 Å². The quantitative estimate of drug-likeness (QED) is 0.216. The molecule has 0 N–H and O–H groups in total. The second kappa shape index (κ2) is 18.0. The lowest BCUT2D eigenvalue weighted by atomic mass is 9.62. The summed E-state index contributed by atoms with van der Waals surface area (Å²) in [5.74, 6) is 4.65. The third kappa shape index (κ3) is 11.0. The number of ether oxygens (including phenoxy) is 2. The summed E-state index contributed by atoms with van der Waals surface area (Å²) >= 11 is 3.48. The minimum absolute atomic E-state index is 0.00231. The normalized spacial score (nSPS) is 20.6. The van der Waals surface area contributed by atoms with Gasteiger partial charge in [0, 0.05) is 61.9 Å². The maximum Gasteiger partial charge on any atom is 0.410 e. The van der Waals surface area contributed by atoms with E-state index >= 15 is 0 Å². The van der Waals surface area contributed by atoms with Gasteiger partial charge in [-0.25, -0.2) is 9.59 Å². The summed E-state index contributed by atoms with van der Waals surface area (Å²) in [4.78, 5) is 80.8. The summed E-state index contributed by atoms with van der Waals surface area (Å²) in [6, 6.07) is 7.85. The zero-order chi connectivity index (χ0) is 44.5. The molecule has 0 unspecified atom stereocenters. The lowest BCUT2D eigenvalue weighted by Crippen LogP contribution is -2.49. The molecule has 10 nitrogen and oxygen atoms in total. The fourth-order valence-corrected chi connectivity index (χ4v) is 10.4. The molecule has 2 aromatic carbocycles. The molecule has 2 saturated carbocycles. The van der Waals surface area contributed by atoms with E-state index in [1.165, 1.54) is 0 Å². The fraction of sp³-hybridized carbons (Fsp3) is 0.592. The molecule has 11 heteroatoms. The molecular weight excluding hydrogens is 824 g/mol. The van der Waals surface area contributed by atoms with Crippen molar-refractivity contribution in [2.24, 2.45) is 10.8 Å². The number of carbonyl (C=O) groups excluding carboxylic acids is 6. The lowest BCUT2D eigenvalue weighted by molar-refractivity contribution is -0.140. The summed E-state index contributed by atoms with van der Waals surface area (Å²) in [5.41, 5.74) is 4.73. The third-order valence-electron chi connectivity index (χ3n) is 12.4. The highest BCUT2D eigenvalue weighted by atomic mass is 79.9. The van der Waals surface area contributed by atoms with Gasteiger partial charge in [-0.05, 0) is 170 Å². The van der Waals surface area contributed by atoms with Gasteiger partial charge in [-0.15, -0.1) is 5.92 Å². The molecule has 2 aliphatic heterocycles. The molecule has 4 aliphatic rings. The summed E-state index contributed by atoms with van der Waals surface area (Å²) < 4.78 is 11.9. The van der Waals surface area contributed by atoms with E-state index in [0.717, 1.165) is 43.4 Å². The van der Waals surface area contributed by atoms with Crippen LogP contribution in [-0.2, 0) is 28.7 Å². The van der Waals surface area contributed by atoms with Crippen LogP contribution in [0.3, 0.4) is 0 Å². The van der Waals surface area contributed by atoms with E-state index < -0.39 is 23.0 Å². The number of hydrogen-bond acceptors (Lipinski definition) is 8. The number of likely N-dealkylation sites (tertiary alicyclic amines) is 2. The van der Waals surface area contributed by atoms with Gasteiger partial charge >= 0.3 is 12.2 Å². The number of nitrogens with zero attached hydrogens (tertiary/aromatic N) is 2. The predicted octanol–water partition coefficient (Wildman–Crippen LogP) is 9.81. The number of ketones is 4. The van der Waals surface area contributed by atoms with Crippen molar-refractivity contribution in [2.75, 3.05) is 26.2 Å². The SMILES string of the molecule is CC#Cc1cc(C)c(C2C(=O)CC3(CCN(C(=O)OC(C)(C)C)CC3)CC2=O)c(C)c1.Cc1cc(Br)cc(C)c1C1C(=O)CC2(CCN(C(=O)OC(C)(C)C)CC2)CC1=O. The Kier molecular flexibility index (Phi) is 14.0. The Labute approximate surface area is 365 Å². The molecule has 324 valence electrons. The van der Waals surface area contributed by atoms with Gasteiger partial charge in [0.2, 0.25) is 0 Å². The minimum Gasteiger partial charge on any atom is -0.444 e. The molecular formula is C49H63BrN2O8. The Bertz CT molecular complexity index is 2030. The number of halogens is 1. The van der Waals surface area contributed by atoms with Gasteiger partial charge in [-0.2, -0.15) is 0 Å². The van der Waals surface area contributed by atoms with Gasteiger partial charge < -0.3 is 19.3 Å². The summed E-state index contributed by atoms with van der Waals surface area (Å²) in [6.45, 7) is 22.8. The zero-order valence-electron chi connectivity index (χ0n) is 37.5. The zero-order valence-corrected chi connectivity index (χ0v) is 39.1. The molecule has 4 fully saturated rings. The Morgan fingerprint density at radius 3 is 1.18 bits per heavy atom. The first-order chi connectivity index (χ1) is 27.9. The standard InChI is InChI=1S/C26H33NO4.C23H30BrNO4/c1-7-8-19-13-17(2)22(18(3)14-19)23-20(28)15-26(16-21(23)29)9-11-27(12-10-26)24(30)31-25(4,5)6;1-14-10-16(24)11-15(2)19(14)20-17(26)12-23(13-18(20)27)6-8-25(9-7-23)21(28)29-22(3,4)5/h13-14,23H,9-12,15-16H2,1-6H3;10-11,20H,6-9,12-13H2,1-5H3. The molecule has 2 aromatic rings. The van der Waals surface area contributed by atoms with Crippen molar-refractivity contribution < 1.29 is 38.2 Å². The van der Waals surface area contributed by atoms with Crippen LogP contribution in [0.4, 0.5) is 9.59 Å². The number of aryl methyl sites for hydroxylation is 4. The topological polar surface area (TPSA) is 127 Å². The summed E-state index contributed by atoms with van der Waals surface area (Å²) in [7, 11) is 0. The van der Waals surface area contributed by atoms with Gasteiger partial charge in [-0.3, -0.25) is 19.2 Å². The van der Waals surface area contributed by atoms with Crippen LogP contribution in [0.15, 0.2) is 28.7 Å². The van der Waals surface area contributed by atoms with Crippen molar-refractivity contribution in [1.29, 1.82) is 0 Å². The smallest absolute Gasteiger partial charge is 0.410 e.